The monoisotopic (exact) mass is 438 g/mol. The molecule has 0 radical (unpaired) electrons. The summed E-state index contributed by atoms with van der Waals surface area (Å²) in [5.41, 5.74) is 0.508. The van der Waals surface area contributed by atoms with E-state index in [9.17, 15) is 13.2 Å². The molecule has 0 bridgehead atoms. The summed E-state index contributed by atoms with van der Waals surface area (Å²) in [6, 6.07) is 4.77. The van der Waals surface area contributed by atoms with Gasteiger partial charge < -0.3 is 14.3 Å². The van der Waals surface area contributed by atoms with Crippen molar-refractivity contribution in [3.63, 3.8) is 0 Å². The van der Waals surface area contributed by atoms with E-state index < -0.39 is 16.1 Å². The van der Waals surface area contributed by atoms with Crippen molar-refractivity contribution >= 4 is 27.7 Å². The van der Waals surface area contributed by atoms with Gasteiger partial charge in [-0.05, 0) is 32.9 Å². The van der Waals surface area contributed by atoms with Crippen LogP contribution in [-0.4, -0.2) is 55.4 Å². The van der Waals surface area contributed by atoms with Crippen LogP contribution in [0.2, 0.25) is 0 Å². The van der Waals surface area contributed by atoms with Gasteiger partial charge in [-0.15, -0.1) is 0 Å². The zero-order chi connectivity index (χ0) is 22.1. The van der Waals surface area contributed by atoms with Crippen LogP contribution in [0.1, 0.15) is 19.7 Å². The number of carbonyl (C=O) groups is 1. The predicted molar refractivity (Wildman–Crippen MR) is 107 cm³/mol. The number of benzene rings is 1. The normalized spacial score (nSPS) is 11.5. The van der Waals surface area contributed by atoms with Gasteiger partial charge in [0.25, 0.3) is 10.0 Å². The summed E-state index contributed by atoms with van der Waals surface area (Å²) in [7, 11) is -2.91. The second-order valence-electron chi connectivity index (χ2n) is 5.73. The smallest absolute Gasteiger partial charge is 0.335 e. The molecule has 0 unspecified atom stereocenters. The van der Waals surface area contributed by atoms with Crippen LogP contribution in [0.5, 0.6) is 11.8 Å². The molecule has 12 nitrogen and oxygen atoms in total. The predicted octanol–water partition coefficient (Wildman–Crippen LogP) is 1.49. The van der Waals surface area contributed by atoms with Gasteiger partial charge >= 0.3 is 12.0 Å². The number of ether oxygens (including phenoxy) is 2. The average molecular weight is 438 g/mol. The number of para-hydroxylation sites is 1. The molecule has 2 rings (SSSR count). The Morgan fingerprint density at radius 3 is 2.63 bits per heavy atom. The zero-order valence-electron chi connectivity index (χ0n) is 16.9. The Balaban J connectivity index is 2.13. The highest BCUT2D eigenvalue weighted by Gasteiger charge is 2.23. The van der Waals surface area contributed by atoms with E-state index in [-0.39, 0.29) is 35.0 Å². The lowest BCUT2D eigenvalue weighted by molar-refractivity contribution is 0.156. The number of nitrogens with zero attached hydrogens (tertiary/aromatic N) is 4. The van der Waals surface area contributed by atoms with Gasteiger partial charge in [0.05, 0.1) is 12.8 Å². The van der Waals surface area contributed by atoms with Gasteiger partial charge in [0.15, 0.2) is 0 Å². The highest BCUT2D eigenvalue weighted by atomic mass is 32.2. The average Bonchev–Trinajstić information content (AvgIpc) is 2.69. The summed E-state index contributed by atoms with van der Waals surface area (Å²) in [4.78, 5) is 28.5. The van der Waals surface area contributed by atoms with Crippen molar-refractivity contribution in [2.24, 2.45) is 5.16 Å². The number of amides is 2. The number of nitrogens with one attached hydrogen (secondary N) is 2. The molecule has 0 atom stereocenters. The van der Waals surface area contributed by atoms with E-state index in [1.165, 1.54) is 25.3 Å². The van der Waals surface area contributed by atoms with Gasteiger partial charge in [-0.1, -0.05) is 17.3 Å². The Kier molecular flexibility index (Phi) is 7.86. The first-order chi connectivity index (χ1) is 14.2. The maximum Gasteiger partial charge on any atom is 0.335 e. The molecule has 13 heteroatoms. The second kappa shape index (κ2) is 10.3. The number of anilines is 1. The Morgan fingerprint density at radius 1 is 1.20 bits per heavy atom. The van der Waals surface area contributed by atoms with Crippen molar-refractivity contribution in [3.8, 4) is 11.8 Å². The molecule has 1 heterocycles. The lowest BCUT2D eigenvalue weighted by atomic mass is 10.3. The Morgan fingerprint density at radius 2 is 1.93 bits per heavy atom. The van der Waals surface area contributed by atoms with E-state index in [1.54, 1.807) is 26.8 Å². The Hall–Kier alpha value is -3.48. The van der Waals surface area contributed by atoms with Gasteiger partial charge in [-0.2, -0.15) is 15.0 Å². The molecule has 0 spiro atoms. The van der Waals surface area contributed by atoms with Crippen LogP contribution < -0.4 is 19.5 Å². The topological polar surface area (TPSA) is 154 Å². The Labute approximate surface area is 173 Å². The first-order valence-electron chi connectivity index (χ1n) is 8.73. The largest absolute Gasteiger partial charge is 0.486 e. The van der Waals surface area contributed by atoms with Crippen LogP contribution >= 0.6 is 0 Å². The van der Waals surface area contributed by atoms with E-state index in [0.29, 0.717) is 12.3 Å². The minimum atomic E-state index is -4.26. The zero-order valence-corrected chi connectivity index (χ0v) is 17.7. The summed E-state index contributed by atoms with van der Waals surface area (Å²) in [5, 5.41) is 6.03. The van der Waals surface area contributed by atoms with E-state index in [1.807, 2.05) is 4.72 Å². The van der Waals surface area contributed by atoms with E-state index >= 15 is 0 Å². The number of hydrogen-bond donors (Lipinski definition) is 2. The molecule has 162 valence electrons. The molecule has 0 saturated heterocycles. The van der Waals surface area contributed by atoms with Gasteiger partial charge in [-0.3, -0.25) is 5.32 Å². The molecule has 0 aliphatic heterocycles. The van der Waals surface area contributed by atoms with Crippen molar-refractivity contribution in [2.75, 3.05) is 25.6 Å². The number of aryl methyl sites for hydroxylation is 1. The van der Waals surface area contributed by atoms with Crippen LogP contribution in [0.25, 0.3) is 0 Å². The number of hydrogen-bond acceptors (Lipinski definition) is 10. The quantitative estimate of drug-likeness (QED) is 0.438. The number of aromatic nitrogens is 3. The Bertz CT molecular complexity index is 1030. The number of rotatable bonds is 9. The van der Waals surface area contributed by atoms with Gasteiger partial charge in [0.1, 0.15) is 29.7 Å². The molecule has 2 amide bonds. The van der Waals surface area contributed by atoms with Crippen LogP contribution in [0, 0.1) is 6.92 Å². The lowest BCUT2D eigenvalue weighted by Gasteiger charge is -2.13. The highest BCUT2D eigenvalue weighted by Crippen LogP contribution is 2.23. The fourth-order valence-corrected chi connectivity index (χ4v) is 3.14. The summed E-state index contributed by atoms with van der Waals surface area (Å²) < 4.78 is 37.6. The molecule has 1 aromatic heterocycles. The summed E-state index contributed by atoms with van der Waals surface area (Å²) in [6.07, 6.45) is 0. The first-order valence-corrected chi connectivity index (χ1v) is 10.2. The van der Waals surface area contributed by atoms with Crippen molar-refractivity contribution < 1.29 is 27.5 Å². The molecule has 0 aliphatic rings. The standard InChI is InChI=1S/C17H22N6O6S/c1-5-29-22-11(2)10-28-13-8-6-7-9-14(13)30(25,26)23-16(24)20-15-18-12(3)19-17(21-15)27-4/h6-9H,5,10H2,1-4H3,(H2,18,19,20,21,23,24). The maximum atomic E-state index is 12.7. The SMILES string of the molecule is CCON=C(C)COc1ccccc1S(=O)(=O)NC(=O)Nc1nc(C)nc(OC)n1. The molecule has 1 aromatic carbocycles. The molecular formula is C17H22N6O6S. The van der Waals surface area contributed by atoms with E-state index in [4.69, 9.17) is 14.3 Å². The molecular weight excluding hydrogens is 416 g/mol. The van der Waals surface area contributed by atoms with Crippen molar-refractivity contribution in [1.29, 1.82) is 0 Å². The highest BCUT2D eigenvalue weighted by molar-refractivity contribution is 7.90. The number of oxime groups is 1. The third kappa shape index (κ3) is 6.55. The molecule has 0 aliphatic carbocycles. The molecule has 30 heavy (non-hydrogen) atoms. The summed E-state index contributed by atoms with van der Waals surface area (Å²) in [6.45, 7) is 5.42. The first kappa shape index (κ1) is 22.8. The minimum Gasteiger partial charge on any atom is -0.486 e. The van der Waals surface area contributed by atoms with Crippen molar-refractivity contribution in [2.45, 2.75) is 25.7 Å². The van der Waals surface area contributed by atoms with Crippen molar-refractivity contribution in [3.05, 3.63) is 30.1 Å². The van der Waals surface area contributed by atoms with Gasteiger partial charge in [-0.25, -0.2) is 17.9 Å². The van der Waals surface area contributed by atoms with Crippen LogP contribution in [0.3, 0.4) is 0 Å². The third-order valence-electron chi connectivity index (χ3n) is 3.29. The lowest BCUT2D eigenvalue weighted by Crippen LogP contribution is -2.35. The van der Waals surface area contributed by atoms with Gasteiger partial charge in [0.2, 0.25) is 5.95 Å². The maximum absolute atomic E-state index is 12.7. The minimum absolute atomic E-state index is 0.00264. The third-order valence-corrected chi connectivity index (χ3v) is 4.66. The van der Waals surface area contributed by atoms with Crippen molar-refractivity contribution in [1.82, 2.24) is 19.7 Å². The van der Waals surface area contributed by atoms with Crippen LogP contribution in [-0.2, 0) is 14.9 Å². The number of urea groups is 1. The van der Waals surface area contributed by atoms with Gasteiger partial charge in [0, 0.05) is 0 Å². The summed E-state index contributed by atoms with van der Waals surface area (Å²) in [5.74, 6) is 0.156. The molecule has 2 N–H and O–H groups in total. The fourth-order valence-electron chi connectivity index (χ4n) is 2.08. The van der Waals surface area contributed by atoms with E-state index in [0.717, 1.165) is 0 Å². The molecule has 0 fully saturated rings. The summed E-state index contributed by atoms with van der Waals surface area (Å²) >= 11 is 0. The second-order valence-corrected chi connectivity index (χ2v) is 7.38. The fraction of sp³-hybridized carbons (Fsp3) is 0.353. The van der Waals surface area contributed by atoms with E-state index in [2.05, 4.69) is 25.4 Å². The number of carbonyl (C=O) groups excluding carboxylic acids is 1. The number of methoxy groups -OCH3 is 1. The molecule has 2 aromatic rings. The van der Waals surface area contributed by atoms with Crippen LogP contribution in [0.4, 0.5) is 10.7 Å². The van der Waals surface area contributed by atoms with Crippen LogP contribution in [0.15, 0.2) is 34.3 Å². The molecule has 0 saturated carbocycles. The number of sulfonamides is 1.